The molecule has 0 aliphatic rings. The first-order valence-corrected chi connectivity index (χ1v) is 5.66. The highest BCUT2D eigenvalue weighted by atomic mass is 14.1. The largest absolute Gasteiger partial charge is 0.0991 e. The summed E-state index contributed by atoms with van der Waals surface area (Å²) in [4.78, 5) is 0. The second-order valence-corrected chi connectivity index (χ2v) is 4.72. The zero-order chi connectivity index (χ0) is 11.6. The summed E-state index contributed by atoms with van der Waals surface area (Å²) >= 11 is 0. The molecule has 0 bridgehead atoms. The molecule has 84 valence electrons. The lowest BCUT2D eigenvalue weighted by molar-refractivity contribution is 0.542. The van der Waals surface area contributed by atoms with Gasteiger partial charge in [-0.1, -0.05) is 69.9 Å². The molecule has 0 nitrogen and oxygen atoms in total. The van der Waals surface area contributed by atoms with Crippen molar-refractivity contribution in [3.63, 3.8) is 0 Å². The van der Waals surface area contributed by atoms with Crippen molar-refractivity contribution in [3.05, 3.63) is 49.1 Å². The highest BCUT2D eigenvalue weighted by Gasteiger charge is 2.01. The van der Waals surface area contributed by atoms with E-state index < -0.39 is 0 Å². The highest BCUT2D eigenvalue weighted by molar-refractivity contribution is 5.01. The van der Waals surface area contributed by atoms with Crippen LogP contribution in [0.2, 0.25) is 0 Å². The number of allylic oxidation sites excluding steroid dienone is 7. The lowest BCUT2D eigenvalue weighted by Gasteiger charge is -2.10. The van der Waals surface area contributed by atoms with Gasteiger partial charge >= 0.3 is 0 Å². The first-order chi connectivity index (χ1) is 7.06. The summed E-state index contributed by atoms with van der Waals surface area (Å²) in [6, 6.07) is 0. The Hall–Kier alpha value is -1.04. The van der Waals surface area contributed by atoms with Crippen LogP contribution in [0.3, 0.4) is 0 Å². The molecule has 0 aromatic rings. The van der Waals surface area contributed by atoms with Gasteiger partial charge in [0.25, 0.3) is 0 Å². The number of hydrogen-bond acceptors (Lipinski definition) is 0. The van der Waals surface area contributed by atoms with Gasteiger partial charge in [0.05, 0.1) is 0 Å². The second-order valence-electron chi connectivity index (χ2n) is 4.72. The zero-order valence-corrected chi connectivity index (χ0v) is 10.4. The summed E-state index contributed by atoms with van der Waals surface area (Å²) in [5.74, 6) is 0. The van der Waals surface area contributed by atoms with Gasteiger partial charge in [-0.25, -0.2) is 0 Å². The van der Waals surface area contributed by atoms with Gasteiger partial charge in [-0.05, 0) is 24.7 Å². The Balaban J connectivity index is 3.50. The summed E-state index contributed by atoms with van der Waals surface area (Å²) in [7, 11) is 0. The van der Waals surface area contributed by atoms with E-state index in [0.717, 1.165) is 19.3 Å². The van der Waals surface area contributed by atoms with Crippen molar-refractivity contribution in [2.75, 3.05) is 0 Å². The quantitative estimate of drug-likeness (QED) is 0.322. The molecule has 15 heavy (non-hydrogen) atoms. The number of hydrogen-bond donors (Lipinski definition) is 0. The smallest absolute Gasteiger partial charge is 0.0166 e. The maximum Gasteiger partial charge on any atom is -0.0166 e. The normalized spacial score (nSPS) is 13.3. The molecule has 0 radical (unpaired) electrons. The van der Waals surface area contributed by atoms with Crippen molar-refractivity contribution in [3.8, 4) is 0 Å². The van der Waals surface area contributed by atoms with Crippen molar-refractivity contribution in [1.82, 2.24) is 0 Å². The molecule has 0 fully saturated rings. The van der Waals surface area contributed by atoms with Crippen LogP contribution in [0, 0.1) is 5.41 Å². The van der Waals surface area contributed by atoms with E-state index in [1.54, 1.807) is 6.08 Å². The van der Waals surface area contributed by atoms with Crippen LogP contribution in [0.15, 0.2) is 49.1 Å². The van der Waals surface area contributed by atoms with Gasteiger partial charge in [-0.15, -0.1) is 0 Å². The van der Waals surface area contributed by atoms with Crippen LogP contribution >= 0.6 is 0 Å². The van der Waals surface area contributed by atoms with Crippen molar-refractivity contribution in [2.24, 2.45) is 5.41 Å². The van der Waals surface area contributed by atoms with Crippen molar-refractivity contribution in [2.45, 2.75) is 40.0 Å². The van der Waals surface area contributed by atoms with E-state index in [0.29, 0.717) is 5.41 Å². The van der Waals surface area contributed by atoms with Gasteiger partial charge in [0.2, 0.25) is 0 Å². The fourth-order valence-electron chi connectivity index (χ4n) is 1.10. The van der Waals surface area contributed by atoms with Gasteiger partial charge < -0.3 is 0 Å². The predicted octanol–water partition coefficient (Wildman–Crippen LogP) is 5.06. The second kappa shape index (κ2) is 8.28. The molecule has 0 aromatic carbocycles. The Morgan fingerprint density at radius 3 is 2.20 bits per heavy atom. The molecule has 0 heteroatoms. The average molecular weight is 204 g/mol. The van der Waals surface area contributed by atoms with Crippen LogP contribution < -0.4 is 0 Å². The molecule has 0 rings (SSSR count). The van der Waals surface area contributed by atoms with Crippen LogP contribution in [-0.2, 0) is 0 Å². The molecule has 0 N–H and O–H groups in total. The van der Waals surface area contributed by atoms with Crippen LogP contribution in [0.5, 0.6) is 0 Å². The van der Waals surface area contributed by atoms with E-state index >= 15 is 0 Å². The third kappa shape index (κ3) is 13.0. The summed E-state index contributed by atoms with van der Waals surface area (Å²) in [5, 5.41) is 0. The first-order valence-electron chi connectivity index (χ1n) is 5.66. The molecular formula is C15H24. The van der Waals surface area contributed by atoms with Crippen molar-refractivity contribution < 1.29 is 0 Å². The SMILES string of the molecule is C=CC=CCC=CCCC=CC(C)(C)C. The van der Waals surface area contributed by atoms with Gasteiger partial charge in [0, 0.05) is 0 Å². The maximum absolute atomic E-state index is 3.62. The molecular weight excluding hydrogens is 180 g/mol. The Labute approximate surface area is 95.1 Å². The molecule has 0 unspecified atom stereocenters. The third-order valence-corrected chi connectivity index (χ3v) is 1.83. The molecule has 0 aliphatic heterocycles. The molecule has 0 heterocycles. The summed E-state index contributed by atoms with van der Waals surface area (Å²) < 4.78 is 0. The van der Waals surface area contributed by atoms with Crippen molar-refractivity contribution >= 4 is 0 Å². The maximum atomic E-state index is 3.62. The molecule has 0 saturated heterocycles. The standard InChI is InChI=1S/C15H24/c1-5-6-7-8-9-10-11-12-13-14-15(2,3)4/h5-7,9-10,13-14H,1,8,11-12H2,2-4H3. The summed E-state index contributed by atoms with van der Waals surface area (Å²) in [6.45, 7) is 10.3. The summed E-state index contributed by atoms with van der Waals surface area (Å²) in [6.07, 6.45) is 18.1. The average Bonchev–Trinajstić information content (AvgIpc) is 2.14. The van der Waals surface area contributed by atoms with E-state index in [1.165, 1.54) is 0 Å². The van der Waals surface area contributed by atoms with E-state index in [2.05, 4.69) is 57.7 Å². The number of rotatable bonds is 6. The summed E-state index contributed by atoms with van der Waals surface area (Å²) in [5.41, 5.74) is 0.316. The Bertz CT molecular complexity index is 233. The highest BCUT2D eigenvalue weighted by Crippen LogP contribution is 2.15. The van der Waals surface area contributed by atoms with Crippen LogP contribution in [0.4, 0.5) is 0 Å². The Morgan fingerprint density at radius 2 is 1.60 bits per heavy atom. The van der Waals surface area contributed by atoms with Gasteiger partial charge in [0.15, 0.2) is 0 Å². The minimum Gasteiger partial charge on any atom is -0.0991 e. The van der Waals surface area contributed by atoms with Crippen LogP contribution in [-0.4, -0.2) is 0 Å². The lowest BCUT2D eigenvalue weighted by atomic mass is 9.96. The molecule has 0 aromatic heterocycles. The molecule has 0 atom stereocenters. The third-order valence-electron chi connectivity index (χ3n) is 1.83. The molecule has 0 spiro atoms. The van der Waals surface area contributed by atoms with E-state index in [1.807, 2.05) is 6.08 Å². The first kappa shape index (κ1) is 14.0. The molecule has 0 saturated carbocycles. The Morgan fingerprint density at radius 1 is 0.933 bits per heavy atom. The fourth-order valence-corrected chi connectivity index (χ4v) is 1.10. The van der Waals surface area contributed by atoms with Gasteiger partial charge in [0.1, 0.15) is 0 Å². The van der Waals surface area contributed by atoms with E-state index in [-0.39, 0.29) is 0 Å². The van der Waals surface area contributed by atoms with Crippen molar-refractivity contribution in [1.29, 1.82) is 0 Å². The van der Waals surface area contributed by atoms with Crippen LogP contribution in [0.25, 0.3) is 0 Å². The molecule has 0 amide bonds. The van der Waals surface area contributed by atoms with Crippen LogP contribution in [0.1, 0.15) is 40.0 Å². The van der Waals surface area contributed by atoms with Gasteiger partial charge in [-0.3, -0.25) is 0 Å². The topological polar surface area (TPSA) is 0 Å². The minimum absolute atomic E-state index is 0.316. The minimum atomic E-state index is 0.316. The van der Waals surface area contributed by atoms with E-state index in [9.17, 15) is 0 Å². The molecule has 0 aliphatic carbocycles. The zero-order valence-electron chi connectivity index (χ0n) is 10.4. The number of unbranched alkanes of at least 4 members (excludes halogenated alkanes) is 1. The monoisotopic (exact) mass is 204 g/mol. The van der Waals surface area contributed by atoms with E-state index in [4.69, 9.17) is 0 Å². The Kier molecular flexibility index (Phi) is 7.71. The van der Waals surface area contributed by atoms with Gasteiger partial charge in [-0.2, -0.15) is 0 Å². The predicted molar refractivity (Wildman–Crippen MR) is 70.9 cm³/mol. The fraction of sp³-hybridized carbons (Fsp3) is 0.467. The lowest BCUT2D eigenvalue weighted by Crippen LogP contribution is -1.97.